The van der Waals surface area contributed by atoms with Crippen molar-refractivity contribution in [1.29, 1.82) is 0 Å². The van der Waals surface area contributed by atoms with Gasteiger partial charge in [0.25, 0.3) is 0 Å². The molecule has 0 aliphatic heterocycles. The SMILES string of the molecule is CC1(C)C[C@H]1C(=O)Nc1cc(-c2ccc3c(c2)CCCC[C@H]3c2noc(C(N)=O)n2)ccn1. The highest BCUT2D eigenvalue weighted by Crippen LogP contribution is 2.52. The molecule has 3 aromatic rings. The molecule has 0 radical (unpaired) electrons. The number of carbonyl (C=O) groups is 2. The third-order valence-corrected chi connectivity index (χ3v) is 6.85. The normalized spacial score (nSPS) is 21.0. The molecule has 8 heteroatoms. The largest absolute Gasteiger partial charge is 0.361 e. The fourth-order valence-corrected chi connectivity index (χ4v) is 4.71. The molecule has 170 valence electrons. The number of benzene rings is 1. The maximum Gasteiger partial charge on any atom is 0.315 e. The van der Waals surface area contributed by atoms with Gasteiger partial charge in [0.2, 0.25) is 5.91 Å². The predicted molar refractivity (Wildman–Crippen MR) is 122 cm³/mol. The van der Waals surface area contributed by atoms with Crippen molar-refractivity contribution in [2.45, 2.75) is 51.9 Å². The summed E-state index contributed by atoms with van der Waals surface area (Å²) in [7, 11) is 0. The highest BCUT2D eigenvalue weighted by molar-refractivity contribution is 5.94. The summed E-state index contributed by atoms with van der Waals surface area (Å²) in [5, 5.41) is 6.98. The van der Waals surface area contributed by atoms with Crippen molar-refractivity contribution >= 4 is 17.6 Å². The average Bonchev–Trinajstić information content (AvgIpc) is 3.25. The number of hydrogen-bond donors (Lipinski definition) is 2. The second-order valence-electron chi connectivity index (χ2n) is 9.70. The van der Waals surface area contributed by atoms with E-state index in [-0.39, 0.29) is 29.0 Å². The van der Waals surface area contributed by atoms with Gasteiger partial charge >= 0.3 is 11.8 Å². The lowest BCUT2D eigenvalue weighted by Gasteiger charge is -2.16. The van der Waals surface area contributed by atoms with Crippen molar-refractivity contribution in [3.63, 3.8) is 0 Å². The van der Waals surface area contributed by atoms with Gasteiger partial charge in [-0.25, -0.2) is 4.98 Å². The topological polar surface area (TPSA) is 124 Å². The lowest BCUT2D eigenvalue weighted by Crippen LogP contribution is -2.17. The van der Waals surface area contributed by atoms with Crippen molar-refractivity contribution < 1.29 is 14.1 Å². The van der Waals surface area contributed by atoms with Crippen LogP contribution >= 0.6 is 0 Å². The van der Waals surface area contributed by atoms with Crippen LogP contribution in [0.3, 0.4) is 0 Å². The Labute approximate surface area is 192 Å². The molecule has 0 saturated heterocycles. The fourth-order valence-electron chi connectivity index (χ4n) is 4.71. The first kappa shape index (κ1) is 21.3. The predicted octanol–water partition coefficient (Wildman–Crippen LogP) is 4.07. The lowest BCUT2D eigenvalue weighted by molar-refractivity contribution is -0.118. The molecular weight excluding hydrogens is 418 g/mol. The maximum atomic E-state index is 12.5. The maximum absolute atomic E-state index is 12.5. The number of nitrogens with zero attached hydrogens (tertiary/aromatic N) is 3. The number of pyridine rings is 1. The molecule has 5 rings (SSSR count). The summed E-state index contributed by atoms with van der Waals surface area (Å²) in [6.45, 7) is 4.21. The molecule has 2 amide bonds. The molecule has 2 aliphatic rings. The highest BCUT2D eigenvalue weighted by atomic mass is 16.5. The number of fused-ring (bicyclic) bond motifs is 1. The number of primary amides is 1. The number of aromatic nitrogens is 3. The van der Waals surface area contributed by atoms with Crippen molar-refractivity contribution in [1.82, 2.24) is 15.1 Å². The van der Waals surface area contributed by atoms with Crippen LogP contribution in [0.2, 0.25) is 0 Å². The Kier molecular flexibility index (Phi) is 5.23. The van der Waals surface area contributed by atoms with E-state index in [1.54, 1.807) is 6.20 Å². The standard InChI is InChI=1S/C25H27N5O3/c1-25(2)13-19(25)23(32)28-20-12-15(9-10-27-20)14-7-8-17-16(11-14)5-3-4-6-18(17)22-29-24(21(26)31)33-30-22/h7-12,18-19H,3-6,13H2,1-2H3,(H2,26,31)(H,27,28,32)/t18-,19+/m1/s1. The molecule has 8 nitrogen and oxygen atoms in total. The third-order valence-electron chi connectivity index (χ3n) is 6.85. The van der Waals surface area contributed by atoms with Gasteiger partial charge in [-0.15, -0.1) is 0 Å². The van der Waals surface area contributed by atoms with Crippen LogP contribution in [0.4, 0.5) is 5.82 Å². The number of anilines is 1. The summed E-state index contributed by atoms with van der Waals surface area (Å²) < 4.78 is 5.03. The first-order valence-electron chi connectivity index (χ1n) is 11.4. The average molecular weight is 446 g/mol. The smallest absolute Gasteiger partial charge is 0.315 e. The van der Waals surface area contributed by atoms with Crippen molar-refractivity contribution in [2.75, 3.05) is 5.32 Å². The second-order valence-corrected chi connectivity index (χ2v) is 9.70. The molecular formula is C25H27N5O3. The van der Waals surface area contributed by atoms with E-state index < -0.39 is 5.91 Å². The van der Waals surface area contributed by atoms with E-state index in [2.05, 4.69) is 52.5 Å². The monoisotopic (exact) mass is 445 g/mol. The van der Waals surface area contributed by atoms with Gasteiger partial charge in [0.15, 0.2) is 5.82 Å². The summed E-state index contributed by atoms with van der Waals surface area (Å²) >= 11 is 0. The summed E-state index contributed by atoms with van der Waals surface area (Å²) in [6, 6.07) is 10.2. The molecule has 1 fully saturated rings. The lowest BCUT2D eigenvalue weighted by atomic mass is 9.90. The fraction of sp³-hybridized carbons (Fsp3) is 0.400. The molecule has 33 heavy (non-hydrogen) atoms. The van der Waals surface area contributed by atoms with Crippen molar-refractivity contribution in [3.8, 4) is 11.1 Å². The summed E-state index contributed by atoms with van der Waals surface area (Å²) in [5.41, 5.74) is 9.78. The number of carbonyl (C=O) groups excluding carboxylic acids is 2. The number of aryl methyl sites for hydroxylation is 1. The van der Waals surface area contributed by atoms with Gasteiger partial charge in [-0.3, -0.25) is 9.59 Å². The Morgan fingerprint density at radius 3 is 2.67 bits per heavy atom. The van der Waals surface area contributed by atoms with Gasteiger partial charge in [-0.05, 0) is 65.5 Å². The van der Waals surface area contributed by atoms with E-state index in [4.69, 9.17) is 10.3 Å². The van der Waals surface area contributed by atoms with Gasteiger partial charge in [0, 0.05) is 18.0 Å². The Morgan fingerprint density at radius 2 is 1.94 bits per heavy atom. The van der Waals surface area contributed by atoms with Crippen LogP contribution in [0.1, 0.15) is 73.1 Å². The van der Waals surface area contributed by atoms with Crippen LogP contribution in [0.5, 0.6) is 0 Å². The minimum atomic E-state index is -0.719. The molecule has 3 N–H and O–H groups in total. The van der Waals surface area contributed by atoms with E-state index >= 15 is 0 Å². The van der Waals surface area contributed by atoms with Gasteiger partial charge < -0.3 is 15.6 Å². The number of rotatable bonds is 5. The summed E-state index contributed by atoms with van der Waals surface area (Å²) in [4.78, 5) is 32.4. The molecule has 2 heterocycles. The van der Waals surface area contributed by atoms with E-state index in [1.807, 2.05) is 12.1 Å². The molecule has 2 atom stereocenters. The van der Waals surface area contributed by atoms with Crippen LogP contribution in [-0.4, -0.2) is 26.9 Å². The number of amides is 2. The van der Waals surface area contributed by atoms with Crippen LogP contribution < -0.4 is 11.1 Å². The van der Waals surface area contributed by atoms with Crippen LogP contribution in [0, 0.1) is 11.3 Å². The molecule has 0 bridgehead atoms. The number of nitrogens with one attached hydrogen (secondary N) is 1. The van der Waals surface area contributed by atoms with E-state index in [9.17, 15) is 9.59 Å². The Morgan fingerprint density at radius 1 is 1.15 bits per heavy atom. The summed E-state index contributed by atoms with van der Waals surface area (Å²) in [5.74, 6) is 0.229. The first-order valence-corrected chi connectivity index (χ1v) is 11.4. The Hall–Kier alpha value is -3.55. The van der Waals surface area contributed by atoms with Crippen molar-refractivity contribution in [3.05, 3.63) is 59.4 Å². The first-order chi connectivity index (χ1) is 15.8. The second kappa shape index (κ2) is 8.10. The molecule has 0 spiro atoms. The number of nitrogens with two attached hydrogens (primary N) is 1. The highest BCUT2D eigenvalue weighted by Gasteiger charge is 2.50. The van der Waals surface area contributed by atoms with E-state index in [0.29, 0.717) is 11.6 Å². The molecule has 1 aromatic carbocycles. The minimum Gasteiger partial charge on any atom is -0.361 e. The molecule has 2 aliphatic carbocycles. The van der Waals surface area contributed by atoms with Gasteiger partial charge in [-0.2, -0.15) is 4.98 Å². The zero-order chi connectivity index (χ0) is 23.2. The van der Waals surface area contributed by atoms with E-state index in [0.717, 1.165) is 48.8 Å². The Balaban J connectivity index is 1.41. The quantitative estimate of drug-likeness (QED) is 0.571. The van der Waals surface area contributed by atoms with Crippen molar-refractivity contribution in [2.24, 2.45) is 17.1 Å². The third kappa shape index (κ3) is 4.25. The van der Waals surface area contributed by atoms with Gasteiger partial charge in [-0.1, -0.05) is 43.6 Å². The minimum absolute atomic E-state index is 0.0323. The van der Waals surface area contributed by atoms with Crippen LogP contribution in [0.25, 0.3) is 11.1 Å². The van der Waals surface area contributed by atoms with E-state index in [1.165, 1.54) is 5.56 Å². The van der Waals surface area contributed by atoms with Crippen LogP contribution in [-0.2, 0) is 11.2 Å². The molecule has 1 saturated carbocycles. The number of hydrogen-bond acceptors (Lipinski definition) is 6. The van der Waals surface area contributed by atoms with Gasteiger partial charge in [0.05, 0.1) is 0 Å². The summed E-state index contributed by atoms with van der Waals surface area (Å²) in [6.07, 6.45) is 6.55. The molecule has 0 unspecified atom stereocenters. The van der Waals surface area contributed by atoms with Crippen LogP contribution in [0.15, 0.2) is 41.1 Å². The van der Waals surface area contributed by atoms with Gasteiger partial charge in [0.1, 0.15) is 5.82 Å². The zero-order valence-corrected chi connectivity index (χ0v) is 18.8. The molecule has 2 aromatic heterocycles. The zero-order valence-electron chi connectivity index (χ0n) is 18.8. The Bertz CT molecular complexity index is 1230.